The Morgan fingerprint density at radius 1 is 1.48 bits per heavy atom. The summed E-state index contributed by atoms with van der Waals surface area (Å²) in [7, 11) is 0. The van der Waals surface area contributed by atoms with Crippen LogP contribution in [0.2, 0.25) is 0 Å². The molecule has 1 aromatic carbocycles. The number of hydrogen-bond acceptors (Lipinski definition) is 3. The van der Waals surface area contributed by atoms with E-state index >= 15 is 0 Å². The molecule has 4 nitrogen and oxygen atoms in total. The van der Waals surface area contributed by atoms with Gasteiger partial charge >= 0.3 is 0 Å². The highest BCUT2D eigenvalue weighted by atomic mass is 16.5. The molecule has 0 spiro atoms. The van der Waals surface area contributed by atoms with Gasteiger partial charge in [-0.3, -0.25) is 4.79 Å². The van der Waals surface area contributed by atoms with Crippen molar-refractivity contribution in [2.24, 2.45) is 0 Å². The summed E-state index contributed by atoms with van der Waals surface area (Å²) in [6.45, 7) is 4.11. The zero-order valence-corrected chi connectivity index (χ0v) is 12.3. The molecule has 1 aliphatic heterocycles. The Labute approximate surface area is 125 Å². The van der Waals surface area contributed by atoms with Crippen LogP contribution < -0.4 is 0 Å². The van der Waals surface area contributed by atoms with E-state index in [4.69, 9.17) is 10.00 Å². The van der Waals surface area contributed by atoms with Gasteiger partial charge in [-0.05, 0) is 43.5 Å². The SMILES string of the molecule is CCN(C[C@H]1CCCO1)C(=O)/C=C\c1ccc(C#N)cc1. The Morgan fingerprint density at radius 2 is 2.24 bits per heavy atom. The number of likely N-dealkylation sites (N-methyl/N-ethyl adjacent to an activating group) is 1. The molecule has 0 N–H and O–H groups in total. The number of rotatable bonds is 5. The fraction of sp³-hybridized carbons (Fsp3) is 0.412. The predicted octanol–water partition coefficient (Wildman–Crippen LogP) is 2.60. The second-order valence-corrected chi connectivity index (χ2v) is 5.08. The van der Waals surface area contributed by atoms with Gasteiger partial charge in [0.05, 0.1) is 17.7 Å². The van der Waals surface area contributed by atoms with Gasteiger partial charge in [0, 0.05) is 25.8 Å². The van der Waals surface area contributed by atoms with Crippen LogP contribution in [0, 0.1) is 11.3 Å². The maximum atomic E-state index is 12.2. The lowest BCUT2D eigenvalue weighted by molar-refractivity contribution is -0.127. The van der Waals surface area contributed by atoms with E-state index in [-0.39, 0.29) is 12.0 Å². The largest absolute Gasteiger partial charge is 0.376 e. The van der Waals surface area contributed by atoms with Crippen LogP contribution in [0.1, 0.15) is 30.9 Å². The first-order valence-corrected chi connectivity index (χ1v) is 7.31. The quantitative estimate of drug-likeness (QED) is 0.781. The Balaban J connectivity index is 1.93. The highest BCUT2D eigenvalue weighted by Crippen LogP contribution is 2.14. The van der Waals surface area contributed by atoms with Crippen LogP contribution in [0.15, 0.2) is 30.3 Å². The fourth-order valence-corrected chi connectivity index (χ4v) is 2.35. The lowest BCUT2D eigenvalue weighted by atomic mass is 10.1. The molecule has 21 heavy (non-hydrogen) atoms. The Bertz CT molecular complexity index is 537. The van der Waals surface area contributed by atoms with Crippen molar-refractivity contribution in [2.45, 2.75) is 25.9 Å². The van der Waals surface area contributed by atoms with Gasteiger partial charge in [-0.2, -0.15) is 5.26 Å². The molecule has 2 rings (SSSR count). The lowest BCUT2D eigenvalue weighted by Crippen LogP contribution is -2.36. The molecule has 0 radical (unpaired) electrons. The van der Waals surface area contributed by atoms with Crippen LogP contribution in [0.3, 0.4) is 0 Å². The monoisotopic (exact) mass is 284 g/mol. The summed E-state index contributed by atoms with van der Waals surface area (Å²) in [6, 6.07) is 9.23. The molecule has 1 atom stereocenters. The van der Waals surface area contributed by atoms with Crippen LogP contribution in [-0.2, 0) is 9.53 Å². The molecule has 1 fully saturated rings. The molecular weight excluding hydrogens is 264 g/mol. The number of nitrogens with zero attached hydrogens (tertiary/aromatic N) is 2. The highest BCUT2D eigenvalue weighted by molar-refractivity contribution is 5.91. The Kier molecular flexibility index (Phi) is 5.53. The standard InChI is InChI=1S/C17H20N2O2/c1-2-19(13-16-4-3-11-21-16)17(20)10-9-14-5-7-15(12-18)8-6-14/h5-10,16H,2-4,11,13H2,1H3/b10-9-/t16-/m1/s1. The van der Waals surface area contributed by atoms with Crippen molar-refractivity contribution in [1.29, 1.82) is 5.26 Å². The van der Waals surface area contributed by atoms with E-state index < -0.39 is 0 Å². The summed E-state index contributed by atoms with van der Waals surface area (Å²) in [5.74, 6) is -0.00244. The number of carbonyl (C=O) groups is 1. The smallest absolute Gasteiger partial charge is 0.246 e. The van der Waals surface area contributed by atoms with E-state index in [0.717, 1.165) is 25.0 Å². The summed E-state index contributed by atoms with van der Waals surface area (Å²) < 4.78 is 5.58. The van der Waals surface area contributed by atoms with Gasteiger partial charge in [0.25, 0.3) is 0 Å². The third-order valence-electron chi connectivity index (χ3n) is 3.60. The number of ether oxygens (including phenoxy) is 1. The first-order valence-electron chi connectivity index (χ1n) is 7.31. The molecule has 0 bridgehead atoms. The van der Waals surface area contributed by atoms with Crippen LogP contribution in [-0.4, -0.2) is 36.6 Å². The van der Waals surface area contributed by atoms with Crippen molar-refractivity contribution in [3.05, 3.63) is 41.5 Å². The Hall–Kier alpha value is -2.12. The summed E-state index contributed by atoms with van der Waals surface area (Å²) in [4.78, 5) is 14.0. The summed E-state index contributed by atoms with van der Waals surface area (Å²) >= 11 is 0. The maximum absolute atomic E-state index is 12.2. The van der Waals surface area contributed by atoms with Gasteiger partial charge in [-0.25, -0.2) is 0 Å². The summed E-state index contributed by atoms with van der Waals surface area (Å²) in [5.41, 5.74) is 1.53. The van der Waals surface area contributed by atoms with Gasteiger partial charge in [-0.15, -0.1) is 0 Å². The van der Waals surface area contributed by atoms with Gasteiger partial charge in [0.2, 0.25) is 5.91 Å². The average Bonchev–Trinajstić information content (AvgIpc) is 3.03. The number of carbonyl (C=O) groups excluding carboxylic acids is 1. The molecule has 1 aliphatic rings. The van der Waals surface area contributed by atoms with Crippen LogP contribution >= 0.6 is 0 Å². The van der Waals surface area contributed by atoms with Crippen molar-refractivity contribution < 1.29 is 9.53 Å². The van der Waals surface area contributed by atoms with Crippen molar-refractivity contribution in [1.82, 2.24) is 4.90 Å². The van der Waals surface area contributed by atoms with Crippen molar-refractivity contribution in [3.63, 3.8) is 0 Å². The molecular formula is C17H20N2O2. The second-order valence-electron chi connectivity index (χ2n) is 5.08. The van der Waals surface area contributed by atoms with Crippen LogP contribution in [0.4, 0.5) is 0 Å². The van der Waals surface area contributed by atoms with E-state index in [2.05, 4.69) is 6.07 Å². The number of hydrogen-bond donors (Lipinski definition) is 0. The van der Waals surface area contributed by atoms with Crippen molar-refractivity contribution in [3.8, 4) is 6.07 Å². The highest BCUT2D eigenvalue weighted by Gasteiger charge is 2.20. The van der Waals surface area contributed by atoms with Crippen LogP contribution in [0.25, 0.3) is 6.08 Å². The van der Waals surface area contributed by atoms with E-state index in [9.17, 15) is 4.79 Å². The van der Waals surface area contributed by atoms with E-state index in [0.29, 0.717) is 18.7 Å². The minimum absolute atomic E-state index is 0.00244. The average molecular weight is 284 g/mol. The van der Waals surface area contributed by atoms with E-state index in [1.54, 1.807) is 29.2 Å². The van der Waals surface area contributed by atoms with Gasteiger partial charge < -0.3 is 9.64 Å². The minimum Gasteiger partial charge on any atom is -0.376 e. The van der Waals surface area contributed by atoms with Gasteiger partial charge in [0.1, 0.15) is 0 Å². The normalized spacial score (nSPS) is 17.8. The number of benzene rings is 1. The topological polar surface area (TPSA) is 53.3 Å². The molecule has 110 valence electrons. The fourth-order valence-electron chi connectivity index (χ4n) is 2.35. The summed E-state index contributed by atoms with van der Waals surface area (Å²) in [6.07, 6.45) is 5.65. The summed E-state index contributed by atoms with van der Waals surface area (Å²) in [5, 5.41) is 8.75. The molecule has 4 heteroatoms. The first-order chi connectivity index (χ1) is 10.2. The second kappa shape index (κ2) is 7.61. The molecule has 1 amide bonds. The van der Waals surface area contributed by atoms with Gasteiger partial charge in [0.15, 0.2) is 0 Å². The number of amides is 1. The molecule has 0 unspecified atom stereocenters. The molecule has 0 aliphatic carbocycles. The molecule has 0 aromatic heterocycles. The third kappa shape index (κ3) is 4.44. The first kappa shape index (κ1) is 15.3. The molecule has 1 aromatic rings. The van der Waals surface area contributed by atoms with E-state index in [1.165, 1.54) is 0 Å². The number of nitriles is 1. The van der Waals surface area contributed by atoms with Crippen molar-refractivity contribution in [2.75, 3.05) is 19.7 Å². The van der Waals surface area contributed by atoms with Crippen molar-refractivity contribution >= 4 is 12.0 Å². The minimum atomic E-state index is -0.00244. The third-order valence-corrected chi connectivity index (χ3v) is 3.60. The Morgan fingerprint density at radius 3 is 2.81 bits per heavy atom. The van der Waals surface area contributed by atoms with Gasteiger partial charge in [-0.1, -0.05) is 12.1 Å². The van der Waals surface area contributed by atoms with Crippen LogP contribution in [0.5, 0.6) is 0 Å². The molecule has 1 heterocycles. The zero-order valence-electron chi connectivity index (χ0n) is 12.3. The molecule has 0 saturated carbocycles. The predicted molar refractivity (Wildman–Crippen MR) is 81.4 cm³/mol. The lowest BCUT2D eigenvalue weighted by Gasteiger charge is -2.22. The maximum Gasteiger partial charge on any atom is 0.246 e. The van der Waals surface area contributed by atoms with E-state index in [1.807, 2.05) is 19.1 Å². The molecule has 1 saturated heterocycles. The zero-order chi connectivity index (χ0) is 15.1.